The molecule has 8 nitrogen and oxygen atoms in total. The van der Waals surface area contributed by atoms with Crippen LogP contribution < -0.4 is 21.9 Å². The maximum atomic E-state index is 13.1. The fourth-order valence-electron chi connectivity index (χ4n) is 3.17. The van der Waals surface area contributed by atoms with Crippen LogP contribution in [0.3, 0.4) is 0 Å². The normalized spacial score (nSPS) is 11.8. The van der Waals surface area contributed by atoms with E-state index in [1.54, 1.807) is 42.5 Å². The summed E-state index contributed by atoms with van der Waals surface area (Å²) in [6.07, 6.45) is 2.18. The van der Waals surface area contributed by atoms with Gasteiger partial charge in [-0.1, -0.05) is 18.2 Å². The topological polar surface area (TPSA) is 113 Å². The maximum Gasteiger partial charge on any atom is 0.329 e. The molecule has 3 rings (SSSR count). The number of anilines is 1. The van der Waals surface area contributed by atoms with Crippen LogP contribution in [0.5, 0.6) is 0 Å². The smallest absolute Gasteiger partial charge is 0.329 e. The predicted octanol–water partition coefficient (Wildman–Crippen LogP) is 1.98. The number of carbonyl (C=O) groups excluding carboxylic acids is 2. The summed E-state index contributed by atoms with van der Waals surface area (Å²) < 4.78 is 0.969. The van der Waals surface area contributed by atoms with Crippen molar-refractivity contribution in [1.82, 2.24) is 14.9 Å². The van der Waals surface area contributed by atoms with Crippen molar-refractivity contribution in [2.24, 2.45) is 0 Å². The van der Waals surface area contributed by atoms with E-state index in [2.05, 4.69) is 15.6 Å². The van der Waals surface area contributed by atoms with Gasteiger partial charge in [-0.05, 0) is 48.8 Å². The van der Waals surface area contributed by atoms with Crippen LogP contribution in [-0.4, -0.2) is 40.4 Å². The Balaban J connectivity index is 2.00. The molecule has 0 saturated carbocycles. The number of hydrogen-bond acceptors (Lipinski definition) is 5. The molecular weight excluding hydrogens is 404 g/mol. The molecule has 2 aromatic carbocycles. The largest absolute Gasteiger partial charge is 0.355 e. The van der Waals surface area contributed by atoms with Gasteiger partial charge in [-0.2, -0.15) is 11.8 Å². The van der Waals surface area contributed by atoms with Crippen molar-refractivity contribution in [2.45, 2.75) is 12.5 Å². The highest BCUT2D eigenvalue weighted by Crippen LogP contribution is 2.17. The predicted molar refractivity (Wildman–Crippen MR) is 119 cm³/mol. The third kappa shape index (κ3) is 4.46. The lowest BCUT2D eigenvalue weighted by Crippen LogP contribution is -2.43. The van der Waals surface area contributed by atoms with Crippen LogP contribution in [0, 0.1) is 0 Å². The maximum absolute atomic E-state index is 13.1. The second-order valence-electron chi connectivity index (χ2n) is 6.60. The number of nitrogens with zero attached hydrogens (tertiary/aromatic N) is 1. The molecule has 1 unspecified atom stereocenters. The lowest BCUT2D eigenvalue weighted by Gasteiger charge is -2.19. The Bertz CT molecular complexity index is 1200. The number of carbonyl (C=O) groups is 2. The lowest BCUT2D eigenvalue weighted by atomic mass is 10.1. The van der Waals surface area contributed by atoms with Crippen molar-refractivity contribution in [1.29, 1.82) is 0 Å². The number of aromatic nitrogens is 2. The van der Waals surface area contributed by atoms with Crippen molar-refractivity contribution in [3.63, 3.8) is 0 Å². The third-order valence-corrected chi connectivity index (χ3v) is 5.31. The number of hydrogen-bond donors (Lipinski definition) is 3. The van der Waals surface area contributed by atoms with Crippen LogP contribution in [0.4, 0.5) is 5.69 Å². The zero-order chi connectivity index (χ0) is 21.7. The molecule has 3 aromatic rings. The molecule has 1 atom stereocenters. The first-order valence-electron chi connectivity index (χ1n) is 9.31. The molecule has 1 heterocycles. The van der Waals surface area contributed by atoms with E-state index in [1.165, 1.54) is 24.9 Å². The summed E-state index contributed by atoms with van der Waals surface area (Å²) in [4.78, 5) is 53.3. The molecular formula is C21H22N4O4S. The molecule has 0 fully saturated rings. The van der Waals surface area contributed by atoms with Crippen molar-refractivity contribution in [2.75, 3.05) is 24.4 Å². The highest BCUT2D eigenvalue weighted by atomic mass is 32.2. The van der Waals surface area contributed by atoms with Gasteiger partial charge in [0, 0.05) is 18.3 Å². The standard InChI is InChI=1S/C21H22N4O4S/c1-22-18(26)13-6-5-7-14(12-13)23-19(27)17(10-11-30-2)25-20(28)15-8-3-4-9-16(15)24-21(25)29/h3-9,12,17H,10-11H2,1-2H3,(H,22,26)(H,23,27)(H,24,29). The molecule has 0 radical (unpaired) electrons. The van der Waals surface area contributed by atoms with Gasteiger partial charge in [-0.15, -0.1) is 0 Å². The Morgan fingerprint density at radius 3 is 2.63 bits per heavy atom. The van der Waals surface area contributed by atoms with Crippen LogP contribution in [0.15, 0.2) is 58.1 Å². The van der Waals surface area contributed by atoms with Gasteiger partial charge in [0.25, 0.3) is 11.5 Å². The van der Waals surface area contributed by atoms with Gasteiger partial charge in [0.2, 0.25) is 5.91 Å². The van der Waals surface area contributed by atoms with Crippen LogP contribution in [0.2, 0.25) is 0 Å². The Kier molecular flexibility index (Phi) is 6.73. The third-order valence-electron chi connectivity index (χ3n) is 4.67. The second-order valence-corrected chi connectivity index (χ2v) is 7.58. The van der Waals surface area contributed by atoms with Crippen LogP contribution in [0.25, 0.3) is 10.9 Å². The average Bonchev–Trinajstić information content (AvgIpc) is 2.75. The Morgan fingerprint density at radius 1 is 1.13 bits per heavy atom. The summed E-state index contributed by atoms with van der Waals surface area (Å²) in [6.45, 7) is 0. The van der Waals surface area contributed by atoms with Crippen molar-refractivity contribution in [3.8, 4) is 0 Å². The van der Waals surface area contributed by atoms with Gasteiger partial charge in [0.1, 0.15) is 6.04 Å². The van der Waals surface area contributed by atoms with E-state index < -0.39 is 23.2 Å². The Morgan fingerprint density at radius 2 is 1.90 bits per heavy atom. The highest BCUT2D eigenvalue weighted by molar-refractivity contribution is 7.98. The van der Waals surface area contributed by atoms with Gasteiger partial charge >= 0.3 is 5.69 Å². The number of aromatic amines is 1. The SMILES string of the molecule is CNC(=O)c1cccc(NC(=O)C(CCSC)n2c(=O)[nH]c3ccccc3c2=O)c1. The molecule has 0 aliphatic rings. The number of H-pyrrole nitrogens is 1. The van der Waals surface area contributed by atoms with Crippen LogP contribution >= 0.6 is 11.8 Å². The van der Waals surface area contributed by atoms with E-state index in [4.69, 9.17) is 0 Å². The number of nitrogens with one attached hydrogen (secondary N) is 3. The highest BCUT2D eigenvalue weighted by Gasteiger charge is 2.25. The molecule has 156 valence electrons. The summed E-state index contributed by atoms with van der Waals surface area (Å²) in [7, 11) is 1.52. The van der Waals surface area contributed by atoms with E-state index in [0.29, 0.717) is 34.3 Å². The molecule has 0 aliphatic heterocycles. The molecule has 9 heteroatoms. The minimum absolute atomic E-state index is 0.285. The number of amides is 2. The fraction of sp³-hybridized carbons (Fsp3) is 0.238. The molecule has 0 bridgehead atoms. The molecule has 0 saturated heterocycles. The number of thioether (sulfide) groups is 1. The van der Waals surface area contributed by atoms with Gasteiger partial charge in [0.05, 0.1) is 10.9 Å². The van der Waals surface area contributed by atoms with E-state index in [9.17, 15) is 19.2 Å². The summed E-state index contributed by atoms with van der Waals surface area (Å²) in [5.41, 5.74) is 0.0528. The van der Waals surface area contributed by atoms with Crippen molar-refractivity contribution >= 4 is 40.2 Å². The molecule has 1 aromatic heterocycles. The molecule has 3 N–H and O–H groups in total. The van der Waals surface area contributed by atoms with Gasteiger partial charge in [-0.25, -0.2) is 9.36 Å². The first-order chi connectivity index (χ1) is 14.5. The summed E-state index contributed by atoms with van der Waals surface area (Å²) in [6, 6.07) is 12.1. The summed E-state index contributed by atoms with van der Waals surface area (Å²) in [5.74, 6) is -0.206. The number of rotatable bonds is 7. The zero-order valence-electron chi connectivity index (χ0n) is 16.6. The minimum atomic E-state index is -0.998. The van der Waals surface area contributed by atoms with Crippen molar-refractivity contribution < 1.29 is 9.59 Å². The van der Waals surface area contributed by atoms with Gasteiger partial charge < -0.3 is 15.6 Å². The first-order valence-corrected chi connectivity index (χ1v) is 10.7. The molecule has 0 aliphatic carbocycles. The quantitative estimate of drug-likeness (QED) is 0.535. The van der Waals surface area contributed by atoms with Gasteiger partial charge in [0.15, 0.2) is 0 Å². The number of benzene rings is 2. The average molecular weight is 426 g/mol. The first kappa shape index (κ1) is 21.4. The van der Waals surface area contributed by atoms with Crippen molar-refractivity contribution in [3.05, 3.63) is 74.9 Å². The number of fused-ring (bicyclic) bond motifs is 1. The Hall–Kier alpha value is -3.33. The molecule has 0 spiro atoms. The lowest BCUT2D eigenvalue weighted by molar-refractivity contribution is -0.119. The zero-order valence-corrected chi connectivity index (χ0v) is 17.4. The van der Waals surface area contributed by atoms with Crippen LogP contribution in [0.1, 0.15) is 22.8 Å². The monoisotopic (exact) mass is 426 g/mol. The minimum Gasteiger partial charge on any atom is -0.355 e. The van der Waals surface area contributed by atoms with E-state index in [-0.39, 0.29) is 5.91 Å². The summed E-state index contributed by atoms with van der Waals surface area (Å²) in [5, 5.41) is 5.59. The molecule has 30 heavy (non-hydrogen) atoms. The van der Waals surface area contributed by atoms with E-state index >= 15 is 0 Å². The fourth-order valence-corrected chi connectivity index (χ4v) is 3.63. The van der Waals surface area contributed by atoms with Crippen LogP contribution in [-0.2, 0) is 4.79 Å². The Labute approximate surface area is 176 Å². The van der Waals surface area contributed by atoms with E-state index in [1.807, 2.05) is 6.26 Å². The van der Waals surface area contributed by atoms with E-state index in [0.717, 1.165) is 4.57 Å². The second kappa shape index (κ2) is 9.45. The van der Waals surface area contributed by atoms with Gasteiger partial charge in [-0.3, -0.25) is 14.4 Å². The number of para-hydroxylation sites is 1. The molecule has 2 amide bonds. The summed E-state index contributed by atoms with van der Waals surface area (Å²) >= 11 is 1.51.